The number of rotatable bonds is 2. The number of nitrogens with zero attached hydrogens (tertiary/aromatic N) is 1. The largest absolute Gasteiger partial charge is 0.356 e. The third-order valence-electron chi connectivity index (χ3n) is 2.69. The first-order valence-corrected chi connectivity index (χ1v) is 5.75. The molecule has 0 aliphatic rings. The Labute approximate surface area is 96.3 Å². The van der Waals surface area contributed by atoms with E-state index in [1.54, 1.807) is 0 Å². The molecule has 0 radical (unpaired) electrons. The van der Waals surface area contributed by atoms with Gasteiger partial charge in [-0.05, 0) is 30.0 Å². The number of H-pyrrole nitrogens is 1. The van der Waals surface area contributed by atoms with Crippen molar-refractivity contribution in [2.24, 2.45) is 0 Å². The minimum Gasteiger partial charge on any atom is -0.356 e. The molecule has 0 bridgehead atoms. The van der Waals surface area contributed by atoms with Gasteiger partial charge in [-0.2, -0.15) is 0 Å². The molecule has 3 nitrogen and oxygen atoms in total. The van der Waals surface area contributed by atoms with Crippen molar-refractivity contribution in [3.8, 4) is 0 Å². The van der Waals surface area contributed by atoms with Gasteiger partial charge < -0.3 is 10.3 Å². The second kappa shape index (κ2) is 3.81. The molecule has 1 aromatic carbocycles. The van der Waals surface area contributed by atoms with Crippen LogP contribution in [-0.2, 0) is 5.41 Å². The van der Waals surface area contributed by atoms with Gasteiger partial charge in [0.25, 0.3) is 0 Å². The highest BCUT2D eigenvalue weighted by Crippen LogP contribution is 2.25. The van der Waals surface area contributed by atoms with Gasteiger partial charge in [0, 0.05) is 6.54 Å². The number of fused-ring (bicyclic) bond motifs is 1. The number of imidazole rings is 1. The van der Waals surface area contributed by atoms with Crippen LogP contribution < -0.4 is 5.32 Å². The van der Waals surface area contributed by atoms with Crippen LogP contribution >= 0.6 is 0 Å². The van der Waals surface area contributed by atoms with Crippen molar-refractivity contribution in [2.75, 3.05) is 11.9 Å². The molecule has 1 heterocycles. The molecule has 2 rings (SSSR count). The summed E-state index contributed by atoms with van der Waals surface area (Å²) in [4.78, 5) is 7.75. The molecule has 2 N–H and O–H groups in total. The first kappa shape index (κ1) is 11.0. The number of hydrogen-bond acceptors (Lipinski definition) is 2. The molecule has 0 aliphatic heterocycles. The molecule has 0 saturated carbocycles. The topological polar surface area (TPSA) is 40.7 Å². The van der Waals surface area contributed by atoms with E-state index in [1.165, 1.54) is 5.56 Å². The van der Waals surface area contributed by atoms with Crippen molar-refractivity contribution >= 4 is 17.0 Å². The summed E-state index contributed by atoms with van der Waals surface area (Å²) < 4.78 is 0. The Hall–Kier alpha value is -1.51. The Bertz CT molecular complexity index is 491. The molecule has 3 heteroatoms. The van der Waals surface area contributed by atoms with Gasteiger partial charge in [-0.25, -0.2) is 4.98 Å². The van der Waals surface area contributed by atoms with Crippen LogP contribution in [0.2, 0.25) is 0 Å². The molecule has 0 saturated heterocycles. The van der Waals surface area contributed by atoms with E-state index in [-0.39, 0.29) is 5.41 Å². The lowest BCUT2D eigenvalue weighted by Crippen LogP contribution is -2.10. The number of aromatic amines is 1. The smallest absolute Gasteiger partial charge is 0.201 e. The van der Waals surface area contributed by atoms with Crippen LogP contribution in [0.25, 0.3) is 11.0 Å². The summed E-state index contributed by atoms with van der Waals surface area (Å²) in [6.07, 6.45) is 0. The summed E-state index contributed by atoms with van der Waals surface area (Å²) >= 11 is 0. The molecule has 16 heavy (non-hydrogen) atoms. The van der Waals surface area contributed by atoms with E-state index in [0.717, 1.165) is 23.5 Å². The molecule has 0 atom stereocenters. The third-order valence-corrected chi connectivity index (χ3v) is 2.69. The van der Waals surface area contributed by atoms with Crippen LogP contribution in [0.1, 0.15) is 33.3 Å². The molecule has 0 spiro atoms. The van der Waals surface area contributed by atoms with Gasteiger partial charge in [-0.1, -0.05) is 26.8 Å². The molecular formula is C13H19N3. The standard InChI is InChI=1S/C13H19N3/c1-5-14-12-15-10-7-6-9(13(2,3)4)8-11(10)16-12/h6-8H,5H2,1-4H3,(H2,14,15,16). The normalized spacial score (nSPS) is 12.0. The van der Waals surface area contributed by atoms with Gasteiger partial charge in [0.15, 0.2) is 0 Å². The lowest BCUT2D eigenvalue weighted by atomic mass is 9.87. The average Bonchev–Trinajstić information content (AvgIpc) is 2.57. The Morgan fingerprint density at radius 2 is 2.06 bits per heavy atom. The summed E-state index contributed by atoms with van der Waals surface area (Å²) in [5.74, 6) is 0.851. The Kier molecular flexibility index (Phi) is 2.62. The predicted octanol–water partition coefficient (Wildman–Crippen LogP) is 3.29. The lowest BCUT2D eigenvalue weighted by Gasteiger charge is -2.18. The van der Waals surface area contributed by atoms with Crippen molar-refractivity contribution in [1.82, 2.24) is 9.97 Å². The van der Waals surface area contributed by atoms with Crippen LogP contribution in [0.15, 0.2) is 18.2 Å². The quantitative estimate of drug-likeness (QED) is 0.810. The number of anilines is 1. The maximum atomic E-state index is 4.46. The summed E-state index contributed by atoms with van der Waals surface area (Å²) in [7, 11) is 0. The van der Waals surface area contributed by atoms with Gasteiger partial charge in [0.1, 0.15) is 0 Å². The zero-order valence-electron chi connectivity index (χ0n) is 10.4. The van der Waals surface area contributed by atoms with Crippen LogP contribution in [0.5, 0.6) is 0 Å². The second-order valence-corrected chi connectivity index (χ2v) is 5.10. The maximum Gasteiger partial charge on any atom is 0.201 e. The molecular weight excluding hydrogens is 198 g/mol. The molecule has 2 aromatic rings. The van der Waals surface area contributed by atoms with E-state index in [0.29, 0.717) is 0 Å². The minimum atomic E-state index is 0.178. The highest BCUT2D eigenvalue weighted by molar-refractivity contribution is 5.78. The van der Waals surface area contributed by atoms with E-state index in [4.69, 9.17) is 0 Å². The van der Waals surface area contributed by atoms with E-state index >= 15 is 0 Å². The first-order chi connectivity index (χ1) is 7.50. The molecule has 0 amide bonds. The monoisotopic (exact) mass is 217 g/mol. The number of benzene rings is 1. The van der Waals surface area contributed by atoms with Gasteiger partial charge >= 0.3 is 0 Å². The van der Waals surface area contributed by atoms with Crippen molar-refractivity contribution in [3.63, 3.8) is 0 Å². The SMILES string of the molecule is CCNc1nc2ccc(C(C)(C)C)cc2[nH]1. The van der Waals surface area contributed by atoms with Crippen LogP contribution in [-0.4, -0.2) is 16.5 Å². The average molecular weight is 217 g/mol. The zero-order chi connectivity index (χ0) is 11.8. The van der Waals surface area contributed by atoms with Crippen LogP contribution in [0.3, 0.4) is 0 Å². The molecule has 0 fully saturated rings. The molecule has 86 valence electrons. The Balaban J connectivity index is 2.46. The molecule has 0 aliphatic carbocycles. The van der Waals surface area contributed by atoms with Crippen molar-refractivity contribution in [2.45, 2.75) is 33.1 Å². The van der Waals surface area contributed by atoms with E-state index < -0.39 is 0 Å². The van der Waals surface area contributed by atoms with Gasteiger partial charge in [0.05, 0.1) is 11.0 Å². The maximum absolute atomic E-state index is 4.46. The van der Waals surface area contributed by atoms with Crippen LogP contribution in [0.4, 0.5) is 5.95 Å². The number of hydrogen-bond donors (Lipinski definition) is 2. The van der Waals surface area contributed by atoms with E-state index in [2.05, 4.69) is 61.2 Å². The fourth-order valence-corrected chi connectivity index (χ4v) is 1.73. The Morgan fingerprint density at radius 3 is 2.69 bits per heavy atom. The van der Waals surface area contributed by atoms with Gasteiger partial charge in [-0.15, -0.1) is 0 Å². The molecule has 1 aromatic heterocycles. The second-order valence-electron chi connectivity index (χ2n) is 5.10. The van der Waals surface area contributed by atoms with E-state index in [9.17, 15) is 0 Å². The summed E-state index contributed by atoms with van der Waals surface area (Å²) in [5, 5.41) is 3.19. The fourth-order valence-electron chi connectivity index (χ4n) is 1.73. The highest BCUT2D eigenvalue weighted by atomic mass is 15.1. The highest BCUT2D eigenvalue weighted by Gasteiger charge is 2.14. The first-order valence-electron chi connectivity index (χ1n) is 5.75. The van der Waals surface area contributed by atoms with Gasteiger partial charge in [-0.3, -0.25) is 0 Å². The number of aromatic nitrogens is 2. The summed E-state index contributed by atoms with van der Waals surface area (Å²) in [6, 6.07) is 6.41. The summed E-state index contributed by atoms with van der Waals surface area (Å²) in [6.45, 7) is 9.60. The molecule has 0 unspecified atom stereocenters. The van der Waals surface area contributed by atoms with Crippen LogP contribution in [0, 0.1) is 0 Å². The predicted molar refractivity (Wildman–Crippen MR) is 69.0 cm³/mol. The zero-order valence-corrected chi connectivity index (χ0v) is 10.4. The Morgan fingerprint density at radius 1 is 1.31 bits per heavy atom. The summed E-state index contributed by atoms with van der Waals surface area (Å²) in [5.41, 5.74) is 3.62. The third kappa shape index (κ3) is 2.03. The van der Waals surface area contributed by atoms with Crippen molar-refractivity contribution in [3.05, 3.63) is 23.8 Å². The van der Waals surface area contributed by atoms with Crippen molar-refractivity contribution < 1.29 is 0 Å². The fraction of sp³-hybridized carbons (Fsp3) is 0.462. The van der Waals surface area contributed by atoms with Crippen molar-refractivity contribution in [1.29, 1.82) is 0 Å². The van der Waals surface area contributed by atoms with E-state index in [1.807, 2.05) is 0 Å². The lowest BCUT2D eigenvalue weighted by molar-refractivity contribution is 0.591. The minimum absolute atomic E-state index is 0.178. The number of nitrogens with one attached hydrogen (secondary N) is 2. The van der Waals surface area contributed by atoms with Gasteiger partial charge in [0.2, 0.25) is 5.95 Å².